The Kier molecular flexibility index (Phi) is 4.14. The first-order valence-electron chi connectivity index (χ1n) is 5.29. The highest BCUT2D eigenvalue weighted by Crippen LogP contribution is 2.25. The molecule has 0 bridgehead atoms. The Labute approximate surface area is 110 Å². The third-order valence-corrected chi connectivity index (χ3v) is 2.96. The molecule has 0 saturated heterocycles. The van der Waals surface area contributed by atoms with Gasteiger partial charge in [-0.15, -0.1) is 0 Å². The molecule has 1 aromatic heterocycles. The molecule has 0 aliphatic rings. The van der Waals surface area contributed by atoms with Crippen molar-refractivity contribution in [2.24, 2.45) is 0 Å². The fourth-order valence-corrected chi connectivity index (χ4v) is 1.58. The van der Waals surface area contributed by atoms with E-state index in [2.05, 4.69) is 20.9 Å². The van der Waals surface area contributed by atoms with Gasteiger partial charge in [0, 0.05) is 17.7 Å². The van der Waals surface area contributed by atoms with Crippen molar-refractivity contribution in [3.8, 4) is 0 Å². The molecular formula is C12H17BrN2O2. The minimum Gasteiger partial charge on any atom is -0.443 e. The molecule has 1 rings (SSSR count). The Morgan fingerprint density at radius 2 is 2.00 bits per heavy atom. The van der Waals surface area contributed by atoms with E-state index in [1.165, 1.54) is 4.90 Å². The highest BCUT2D eigenvalue weighted by Gasteiger charge is 2.22. The van der Waals surface area contributed by atoms with Crippen molar-refractivity contribution >= 4 is 27.7 Å². The van der Waals surface area contributed by atoms with Crippen molar-refractivity contribution in [2.75, 3.05) is 11.9 Å². The molecule has 0 aromatic carbocycles. The summed E-state index contributed by atoms with van der Waals surface area (Å²) in [5.41, 5.74) is 1.18. The molecule has 4 nitrogen and oxygen atoms in total. The van der Waals surface area contributed by atoms with Crippen LogP contribution in [0.3, 0.4) is 0 Å². The van der Waals surface area contributed by atoms with E-state index in [1.807, 2.05) is 27.7 Å². The highest BCUT2D eigenvalue weighted by atomic mass is 79.9. The Balaban J connectivity index is 2.93. The largest absolute Gasteiger partial charge is 0.443 e. The number of hydrogen-bond acceptors (Lipinski definition) is 3. The van der Waals surface area contributed by atoms with E-state index in [0.29, 0.717) is 0 Å². The van der Waals surface area contributed by atoms with Crippen LogP contribution >= 0.6 is 15.9 Å². The first-order chi connectivity index (χ1) is 7.72. The number of halogens is 1. The van der Waals surface area contributed by atoms with Gasteiger partial charge in [0.05, 0.1) is 11.9 Å². The minimum absolute atomic E-state index is 0.388. The van der Waals surface area contributed by atoms with E-state index in [-0.39, 0.29) is 6.09 Å². The summed E-state index contributed by atoms with van der Waals surface area (Å²) < 4.78 is 6.16. The van der Waals surface area contributed by atoms with Crippen molar-refractivity contribution in [1.29, 1.82) is 0 Å². The molecule has 0 aliphatic heterocycles. The number of ether oxygens (including phenoxy) is 1. The lowest BCUT2D eigenvalue weighted by Gasteiger charge is -2.25. The molecule has 0 radical (unpaired) electrons. The standard InChI is InChI=1S/C12H17BrN2O2/c1-8-9(13)6-14-7-10(8)15(5)11(16)17-12(2,3)4/h6-7H,1-5H3. The molecule has 0 N–H and O–H groups in total. The van der Waals surface area contributed by atoms with Crippen LogP contribution in [-0.2, 0) is 4.74 Å². The van der Waals surface area contributed by atoms with Crippen molar-refractivity contribution in [3.63, 3.8) is 0 Å². The lowest BCUT2D eigenvalue weighted by atomic mass is 10.2. The molecule has 17 heavy (non-hydrogen) atoms. The van der Waals surface area contributed by atoms with Crippen LogP contribution in [0.4, 0.5) is 10.5 Å². The molecule has 0 atom stereocenters. The van der Waals surface area contributed by atoms with Crippen LogP contribution in [0.2, 0.25) is 0 Å². The summed E-state index contributed by atoms with van der Waals surface area (Å²) in [6, 6.07) is 0. The number of nitrogens with zero attached hydrogens (tertiary/aromatic N) is 2. The molecule has 0 aliphatic carbocycles. The first-order valence-corrected chi connectivity index (χ1v) is 6.08. The number of amides is 1. The predicted molar refractivity (Wildman–Crippen MR) is 71.3 cm³/mol. The molecule has 1 aromatic rings. The number of carbonyl (C=O) groups excluding carboxylic acids is 1. The van der Waals surface area contributed by atoms with Gasteiger partial charge < -0.3 is 4.74 Å². The number of pyridine rings is 1. The van der Waals surface area contributed by atoms with Gasteiger partial charge in [0.2, 0.25) is 0 Å². The van der Waals surface area contributed by atoms with E-state index in [4.69, 9.17) is 4.74 Å². The van der Waals surface area contributed by atoms with Gasteiger partial charge in [-0.25, -0.2) is 4.79 Å². The van der Waals surface area contributed by atoms with Crippen LogP contribution in [0.15, 0.2) is 16.9 Å². The summed E-state index contributed by atoms with van der Waals surface area (Å²) in [4.78, 5) is 17.4. The number of anilines is 1. The number of hydrogen-bond donors (Lipinski definition) is 0. The molecule has 0 saturated carbocycles. The average molecular weight is 301 g/mol. The van der Waals surface area contributed by atoms with E-state index >= 15 is 0 Å². The van der Waals surface area contributed by atoms with Crippen molar-refractivity contribution in [2.45, 2.75) is 33.3 Å². The summed E-state index contributed by atoms with van der Waals surface area (Å²) in [5, 5.41) is 0. The topological polar surface area (TPSA) is 42.4 Å². The molecule has 1 amide bonds. The molecule has 5 heteroatoms. The van der Waals surface area contributed by atoms with Crippen molar-refractivity contribution in [1.82, 2.24) is 4.98 Å². The maximum absolute atomic E-state index is 11.9. The van der Waals surface area contributed by atoms with Crippen LogP contribution in [0.5, 0.6) is 0 Å². The van der Waals surface area contributed by atoms with Gasteiger partial charge in [-0.3, -0.25) is 9.88 Å². The SMILES string of the molecule is Cc1c(Br)cncc1N(C)C(=O)OC(C)(C)C. The van der Waals surface area contributed by atoms with Crippen LogP contribution in [0.1, 0.15) is 26.3 Å². The summed E-state index contributed by atoms with van der Waals surface area (Å²) in [6.07, 6.45) is 2.95. The lowest BCUT2D eigenvalue weighted by Crippen LogP contribution is -2.34. The minimum atomic E-state index is -0.501. The Bertz CT molecular complexity index is 427. The van der Waals surface area contributed by atoms with Crippen molar-refractivity contribution < 1.29 is 9.53 Å². The van der Waals surface area contributed by atoms with E-state index < -0.39 is 5.60 Å². The monoisotopic (exact) mass is 300 g/mol. The zero-order valence-corrected chi connectivity index (χ0v) is 12.3. The normalized spacial score (nSPS) is 11.2. The second-order valence-corrected chi connectivity index (χ2v) is 5.66. The molecule has 0 spiro atoms. The Morgan fingerprint density at radius 3 is 2.53 bits per heavy atom. The zero-order chi connectivity index (χ0) is 13.2. The van der Waals surface area contributed by atoms with Crippen LogP contribution in [0.25, 0.3) is 0 Å². The first kappa shape index (κ1) is 14.0. The Morgan fingerprint density at radius 1 is 1.41 bits per heavy atom. The summed E-state index contributed by atoms with van der Waals surface area (Å²) >= 11 is 3.38. The second kappa shape index (κ2) is 5.04. The third kappa shape index (κ3) is 3.70. The maximum atomic E-state index is 11.9. The number of carbonyl (C=O) groups is 1. The van der Waals surface area contributed by atoms with Gasteiger partial charge in [0.25, 0.3) is 0 Å². The number of rotatable bonds is 1. The molecule has 0 unspecified atom stereocenters. The van der Waals surface area contributed by atoms with Crippen LogP contribution < -0.4 is 4.90 Å². The fraction of sp³-hybridized carbons (Fsp3) is 0.500. The average Bonchev–Trinajstić information content (AvgIpc) is 2.18. The smallest absolute Gasteiger partial charge is 0.414 e. The maximum Gasteiger partial charge on any atom is 0.414 e. The van der Waals surface area contributed by atoms with Gasteiger partial charge >= 0.3 is 6.09 Å². The molecule has 94 valence electrons. The van der Waals surface area contributed by atoms with E-state index in [0.717, 1.165) is 15.7 Å². The molecular weight excluding hydrogens is 284 g/mol. The van der Waals surface area contributed by atoms with Crippen LogP contribution in [-0.4, -0.2) is 23.7 Å². The number of aromatic nitrogens is 1. The van der Waals surface area contributed by atoms with E-state index in [1.54, 1.807) is 19.4 Å². The summed E-state index contributed by atoms with van der Waals surface area (Å²) in [5.74, 6) is 0. The molecule has 0 fully saturated rings. The highest BCUT2D eigenvalue weighted by molar-refractivity contribution is 9.10. The van der Waals surface area contributed by atoms with E-state index in [9.17, 15) is 4.79 Å². The summed E-state index contributed by atoms with van der Waals surface area (Å²) in [6.45, 7) is 7.43. The van der Waals surface area contributed by atoms with Crippen molar-refractivity contribution in [3.05, 3.63) is 22.4 Å². The zero-order valence-electron chi connectivity index (χ0n) is 10.7. The third-order valence-electron chi connectivity index (χ3n) is 2.16. The quantitative estimate of drug-likeness (QED) is 0.797. The van der Waals surface area contributed by atoms with Gasteiger partial charge in [-0.05, 0) is 49.2 Å². The van der Waals surface area contributed by atoms with Gasteiger partial charge in [0.15, 0.2) is 0 Å². The second-order valence-electron chi connectivity index (χ2n) is 4.80. The fourth-order valence-electron chi connectivity index (χ4n) is 1.26. The van der Waals surface area contributed by atoms with Gasteiger partial charge in [-0.1, -0.05) is 0 Å². The van der Waals surface area contributed by atoms with Gasteiger partial charge in [-0.2, -0.15) is 0 Å². The van der Waals surface area contributed by atoms with Crippen LogP contribution in [0, 0.1) is 6.92 Å². The Hall–Kier alpha value is -1.10. The van der Waals surface area contributed by atoms with Gasteiger partial charge in [0.1, 0.15) is 5.60 Å². The molecule has 1 heterocycles. The summed E-state index contributed by atoms with van der Waals surface area (Å²) in [7, 11) is 1.67. The predicted octanol–water partition coefficient (Wildman–Crippen LogP) is 3.52. The lowest BCUT2D eigenvalue weighted by molar-refractivity contribution is 0.0589.